The number of allylic oxidation sites excluding steroid dienone is 1. The molecule has 1 heterocycles. The molecule has 6 aromatic carbocycles. The van der Waals surface area contributed by atoms with Crippen LogP contribution in [-0.2, 0) is 0 Å². The lowest BCUT2D eigenvalue weighted by Crippen LogP contribution is -2.49. The number of nitrogens with one attached hydrogen (secondary N) is 2. The average molecular weight is 611 g/mol. The maximum absolute atomic E-state index is 3.94. The summed E-state index contributed by atoms with van der Waals surface area (Å²) in [7, 11) is -1.80. The fourth-order valence-electron chi connectivity index (χ4n) is 7.55. The molecule has 6 aromatic rings. The Bertz CT molecular complexity index is 2110. The Kier molecular flexibility index (Phi) is 7.00. The Hall–Kier alpha value is -5.12. The van der Waals surface area contributed by atoms with Gasteiger partial charge in [0.15, 0.2) is 0 Å². The third-order valence-corrected chi connectivity index (χ3v) is 13.4. The number of fused-ring (bicyclic) bond motifs is 4. The van der Waals surface area contributed by atoms with Crippen molar-refractivity contribution in [2.75, 3.05) is 10.6 Å². The van der Waals surface area contributed by atoms with Gasteiger partial charge in [-0.1, -0.05) is 135 Å². The number of benzene rings is 6. The summed E-state index contributed by atoms with van der Waals surface area (Å²) in [4.78, 5) is 0. The fourth-order valence-corrected chi connectivity index (χ4v) is 10.7. The topological polar surface area (TPSA) is 24.1 Å². The zero-order valence-corrected chi connectivity index (χ0v) is 27.6. The first-order valence-corrected chi connectivity index (χ1v) is 19.3. The van der Waals surface area contributed by atoms with E-state index in [1.54, 1.807) is 0 Å². The quantitative estimate of drug-likeness (QED) is 0.183. The highest BCUT2D eigenvalue weighted by Crippen LogP contribution is 2.46. The Balaban J connectivity index is 1.26. The van der Waals surface area contributed by atoms with Crippen LogP contribution in [0.1, 0.15) is 30.4 Å². The van der Waals surface area contributed by atoms with Crippen LogP contribution in [0, 0.1) is 0 Å². The van der Waals surface area contributed by atoms with Crippen LogP contribution in [0.15, 0.2) is 140 Å². The third kappa shape index (κ3) is 4.88. The number of hydrogen-bond donors (Lipinski definition) is 2. The Morgan fingerprint density at radius 1 is 0.565 bits per heavy atom. The van der Waals surface area contributed by atoms with E-state index in [0.29, 0.717) is 5.92 Å². The van der Waals surface area contributed by atoms with Crippen molar-refractivity contribution in [3.8, 4) is 33.4 Å². The molecule has 1 aliphatic carbocycles. The fraction of sp³-hybridized carbons (Fsp3) is 0.116. The highest BCUT2D eigenvalue weighted by molar-refractivity contribution is 7.03. The van der Waals surface area contributed by atoms with Gasteiger partial charge >= 0.3 is 0 Å². The second kappa shape index (κ2) is 11.3. The van der Waals surface area contributed by atoms with E-state index < -0.39 is 8.07 Å². The molecule has 0 radical (unpaired) electrons. The third-order valence-electron chi connectivity index (χ3n) is 9.85. The molecule has 2 N–H and O–H groups in total. The molecule has 46 heavy (non-hydrogen) atoms. The van der Waals surface area contributed by atoms with E-state index in [9.17, 15) is 0 Å². The molecule has 0 saturated heterocycles. The molecule has 0 bridgehead atoms. The first kappa shape index (κ1) is 28.4. The molecule has 224 valence electrons. The normalized spacial score (nSPS) is 15.5. The molecule has 3 heteroatoms. The lowest BCUT2D eigenvalue weighted by atomic mass is 9.82. The van der Waals surface area contributed by atoms with Crippen molar-refractivity contribution in [3.05, 3.63) is 151 Å². The molecule has 0 saturated carbocycles. The van der Waals surface area contributed by atoms with E-state index in [4.69, 9.17) is 0 Å². The molecule has 0 fully saturated rings. The van der Waals surface area contributed by atoms with Gasteiger partial charge in [0.1, 0.15) is 8.07 Å². The Morgan fingerprint density at radius 3 is 2.02 bits per heavy atom. The second-order valence-electron chi connectivity index (χ2n) is 13.2. The van der Waals surface area contributed by atoms with Gasteiger partial charge < -0.3 is 10.6 Å². The number of rotatable bonds is 6. The molecule has 1 unspecified atom stereocenters. The summed E-state index contributed by atoms with van der Waals surface area (Å²) in [5, 5.41) is 10.9. The monoisotopic (exact) mass is 610 g/mol. The van der Waals surface area contributed by atoms with E-state index in [0.717, 1.165) is 29.2 Å². The van der Waals surface area contributed by atoms with Gasteiger partial charge in [-0.3, -0.25) is 0 Å². The lowest BCUT2D eigenvalue weighted by molar-refractivity contribution is 0.774. The van der Waals surface area contributed by atoms with Crippen LogP contribution in [0.2, 0.25) is 13.1 Å². The highest BCUT2D eigenvalue weighted by atomic mass is 28.3. The summed E-state index contributed by atoms with van der Waals surface area (Å²) in [6.07, 6.45) is 5.70. The van der Waals surface area contributed by atoms with Gasteiger partial charge in [0, 0.05) is 28.3 Å². The standard InChI is InChI=1S/C43H38N2Si/c1-29-14-12-22-37-42(29)38(44-33-20-13-19-32(26-33)30-15-6-4-7-16-30)28-39(43(37)31-17-8-5-9-18-31)45-34-24-25-36-35-21-10-11-23-40(35)46(2,3)41(36)27-34/h4-13,15-29,44-45H,14H2,1-3H3. The summed E-state index contributed by atoms with van der Waals surface area (Å²) in [5.41, 5.74) is 14.8. The molecular formula is C43H38N2Si. The van der Waals surface area contributed by atoms with Gasteiger partial charge in [-0.15, -0.1) is 0 Å². The van der Waals surface area contributed by atoms with Gasteiger partial charge in [-0.25, -0.2) is 0 Å². The molecule has 8 rings (SSSR count). The maximum Gasteiger partial charge on any atom is 0.113 e. The second-order valence-corrected chi connectivity index (χ2v) is 17.5. The minimum Gasteiger partial charge on any atom is -0.355 e. The van der Waals surface area contributed by atoms with Crippen molar-refractivity contribution < 1.29 is 0 Å². The van der Waals surface area contributed by atoms with Crippen molar-refractivity contribution in [2.24, 2.45) is 0 Å². The molecule has 1 atom stereocenters. The zero-order chi connectivity index (χ0) is 31.3. The summed E-state index contributed by atoms with van der Waals surface area (Å²) >= 11 is 0. The molecule has 0 amide bonds. The molecule has 2 nitrogen and oxygen atoms in total. The SMILES string of the molecule is CC1CC=Cc2c(-c3ccccc3)c(Nc3ccc4c(c3)[Si](C)(C)c3ccccc3-4)cc(Nc3cccc(-c4ccccc4)c3)c21. The summed E-state index contributed by atoms with van der Waals surface area (Å²) in [6, 6.07) is 48.6. The van der Waals surface area contributed by atoms with E-state index >= 15 is 0 Å². The largest absolute Gasteiger partial charge is 0.355 e. The van der Waals surface area contributed by atoms with Crippen LogP contribution in [0.25, 0.3) is 39.5 Å². The summed E-state index contributed by atoms with van der Waals surface area (Å²) in [6.45, 7) is 7.31. The number of anilines is 4. The summed E-state index contributed by atoms with van der Waals surface area (Å²) in [5.74, 6) is 0.390. The van der Waals surface area contributed by atoms with E-state index in [1.165, 1.54) is 54.9 Å². The van der Waals surface area contributed by atoms with E-state index in [1.807, 2.05) is 0 Å². The lowest BCUT2D eigenvalue weighted by Gasteiger charge is -2.28. The van der Waals surface area contributed by atoms with Crippen LogP contribution in [0.3, 0.4) is 0 Å². The van der Waals surface area contributed by atoms with Gasteiger partial charge in [-0.2, -0.15) is 0 Å². The van der Waals surface area contributed by atoms with Crippen LogP contribution < -0.4 is 21.0 Å². The van der Waals surface area contributed by atoms with Crippen molar-refractivity contribution >= 4 is 47.3 Å². The minimum atomic E-state index is -1.80. The number of hydrogen-bond acceptors (Lipinski definition) is 2. The van der Waals surface area contributed by atoms with E-state index in [2.05, 4.69) is 176 Å². The highest BCUT2D eigenvalue weighted by Gasteiger charge is 2.37. The first-order valence-electron chi connectivity index (χ1n) is 16.3. The molecule has 0 aromatic heterocycles. The Labute approximate surface area is 273 Å². The zero-order valence-electron chi connectivity index (χ0n) is 26.6. The smallest absolute Gasteiger partial charge is 0.113 e. The van der Waals surface area contributed by atoms with Crippen molar-refractivity contribution in [1.29, 1.82) is 0 Å². The molecular weight excluding hydrogens is 573 g/mol. The van der Waals surface area contributed by atoms with Crippen LogP contribution in [-0.4, -0.2) is 8.07 Å². The first-order chi connectivity index (χ1) is 22.5. The van der Waals surface area contributed by atoms with Crippen molar-refractivity contribution in [2.45, 2.75) is 32.4 Å². The van der Waals surface area contributed by atoms with Gasteiger partial charge in [0.2, 0.25) is 0 Å². The average Bonchev–Trinajstić information content (AvgIpc) is 3.31. The van der Waals surface area contributed by atoms with Crippen LogP contribution in [0.5, 0.6) is 0 Å². The maximum atomic E-state index is 3.94. The molecule has 1 aliphatic heterocycles. The molecule has 0 spiro atoms. The van der Waals surface area contributed by atoms with Gasteiger partial charge in [-0.05, 0) is 92.0 Å². The van der Waals surface area contributed by atoms with Crippen molar-refractivity contribution in [1.82, 2.24) is 0 Å². The minimum absolute atomic E-state index is 0.390. The Morgan fingerprint density at radius 2 is 1.22 bits per heavy atom. The van der Waals surface area contributed by atoms with E-state index in [-0.39, 0.29) is 0 Å². The van der Waals surface area contributed by atoms with Crippen molar-refractivity contribution in [3.63, 3.8) is 0 Å². The van der Waals surface area contributed by atoms with Gasteiger partial charge in [0.05, 0.1) is 0 Å². The molecule has 2 aliphatic rings. The summed E-state index contributed by atoms with van der Waals surface area (Å²) < 4.78 is 0. The van der Waals surface area contributed by atoms with Crippen LogP contribution in [0.4, 0.5) is 22.7 Å². The predicted molar refractivity (Wildman–Crippen MR) is 201 cm³/mol. The van der Waals surface area contributed by atoms with Gasteiger partial charge in [0.25, 0.3) is 0 Å². The predicted octanol–water partition coefficient (Wildman–Crippen LogP) is 10.8. The van der Waals surface area contributed by atoms with Crippen LogP contribution >= 0.6 is 0 Å².